The van der Waals surface area contributed by atoms with Gasteiger partial charge in [0.25, 0.3) is 0 Å². The number of guanidine groups is 1. The van der Waals surface area contributed by atoms with Crippen molar-refractivity contribution in [2.24, 2.45) is 22.7 Å². The van der Waals surface area contributed by atoms with Gasteiger partial charge in [-0.15, -0.1) is 0 Å². The van der Waals surface area contributed by atoms with Gasteiger partial charge in [-0.05, 0) is 37.5 Å². The van der Waals surface area contributed by atoms with Crippen molar-refractivity contribution in [3.63, 3.8) is 0 Å². The van der Waals surface area contributed by atoms with Crippen molar-refractivity contribution in [1.82, 2.24) is 10.6 Å². The molecule has 2 rings (SSSR count). The third-order valence-electron chi connectivity index (χ3n) is 5.46. The molecule has 5 nitrogen and oxygen atoms in total. The smallest absolute Gasteiger partial charge is 0.190 e. The van der Waals surface area contributed by atoms with Gasteiger partial charge in [-0.2, -0.15) is 0 Å². The molecule has 1 aliphatic heterocycles. The van der Waals surface area contributed by atoms with Crippen LogP contribution in [0, 0.1) is 17.8 Å². The lowest BCUT2D eigenvalue weighted by molar-refractivity contribution is 0.0888. The van der Waals surface area contributed by atoms with Crippen molar-refractivity contribution in [1.29, 1.82) is 0 Å². The molecule has 2 fully saturated rings. The Balaban J connectivity index is 1.46. The molecule has 2 aliphatic rings. The van der Waals surface area contributed by atoms with Crippen LogP contribution in [0.2, 0.25) is 0 Å². The molecule has 1 saturated carbocycles. The van der Waals surface area contributed by atoms with Crippen LogP contribution in [0.3, 0.4) is 0 Å². The van der Waals surface area contributed by atoms with E-state index in [0.29, 0.717) is 5.92 Å². The maximum atomic E-state index is 5.73. The number of hydrogen-bond donors (Lipinski definition) is 2. The minimum Gasteiger partial charge on any atom is -0.381 e. The van der Waals surface area contributed by atoms with Crippen molar-refractivity contribution >= 4 is 5.96 Å². The maximum absolute atomic E-state index is 5.73. The summed E-state index contributed by atoms with van der Waals surface area (Å²) in [5.74, 6) is 3.31. The van der Waals surface area contributed by atoms with E-state index in [9.17, 15) is 0 Å². The van der Waals surface area contributed by atoms with Crippen LogP contribution in [-0.4, -0.2) is 52.5 Å². The highest BCUT2D eigenvalue weighted by molar-refractivity contribution is 5.79. The predicted octanol–water partition coefficient (Wildman–Crippen LogP) is 2.81. The lowest BCUT2D eigenvalue weighted by atomic mass is 9.81. The molecule has 0 amide bonds. The Morgan fingerprint density at radius 1 is 1.08 bits per heavy atom. The molecule has 1 saturated heterocycles. The van der Waals surface area contributed by atoms with E-state index in [1.807, 2.05) is 7.05 Å². The van der Waals surface area contributed by atoms with Crippen LogP contribution in [0.5, 0.6) is 0 Å². The van der Waals surface area contributed by atoms with Gasteiger partial charge in [0.2, 0.25) is 0 Å². The van der Waals surface area contributed by atoms with Crippen molar-refractivity contribution in [2.45, 2.75) is 51.9 Å². The quantitative estimate of drug-likeness (QED) is 0.385. The minimum atomic E-state index is 0.607. The van der Waals surface area contributed by atoms with E-state index in [0.717, 1.165) is 70.2 Å². The van der Waals surface area contributed by atoms with E-state index in [1.54, 1.807) is 0 Å². The summed E-state index contributed by atoms with van der Waals surface area (Å²) in [5, 5.41) is 6.88. The Kier molecular flexibility index (Phi) is 9.51. The van der Waals surface area contributed by atoms with Crippen LogP contribution in [0.1, 0.15) is 51.9 Å². The van der Waals surface area contributed by atoms with Gasteiger partial charge in [-0.3, -0.25) is 4.99 Å². The Hall–Kier alpha value is -0.810. The second-order valence-electron chi connectivity index (χ2n) is 7.33. The summed E-state index contributed by atoms with van der Waals surface area (Å²) >= 11 is 0. The monoisotopic (exact) mass is 339 g/mol. The average molecular weight is 340 g/mol. The zero-order valence-electron chi connectivity index (χ0n) is 15.7. The molecule has 0 radical (unpaired) electrons. The van der Waals surface area contributed by atoms with Crippen LogP contribution >= 0.6 is 0 Å². The van der Waals surface area contributed by atoms with Gasteiger partial charge < -0.3 is 20.1 Å². The summed E-state index contributed by atoms with van der Waals surface area (Å²) in [6.07, 6.45) is 9.03. The van der Waals surface area contributed by atoms with Crippen LogP contribution in [0.4, 0.5) is 0 Å². The molecule has 0 spiro atoms. The van der Waals surface area contributed by atoms with E-state index in [-0.39, 0.29) is 0 Å². The molecular weight excluding hydrogens is 302 g/mol. The first kappa shape index (κ1) is 19.5. The highest BCUT2D eigenvalue weighted by atomic mass is 16.5. The van der Waals surface area contributed by atoms with Gasteiger partial charge in [-0.25, -0.2) is 0 Å². The van der Waals surface area contributed by atoms with Crippen molar-refractivity contribution in [3.05, 3.63) is 0 Å². The number of nitrogens with one attached hydrogen (secondary N) is 2. The zero-order valence-corrected chi connectivity index (χ0v) is 15.7. The predicted molar refractivity (Wildman–Crippen MR) is 99.5 cm³/mol. The van der Waals surface area contributed by atoms with Crippen LogP contribution in [-0.2, 0) is 9.47 Å². The first-order valence-corrected chi connectivity index (χ1v) is 9.91. The number of hydrogen-bond acceptors (Lipinski definition) is 3. The van der Waals surface area contributed by atoms with E-state index in [2.05, 4.69) is 22.5 Å². The third-order valence-corrected chi connectivity index (χ3v) is 5.46. The van der Waals surface area contributed by atoms with Crippen LogP contribution < -0.4 is 10.6 Å². The Labute approximate surface area is 148 Å². The molecule has 5 heteroatoms. The van der Waals surface area contributed by atoms with E-state index < -0.39 is 0 Å². The highest BCUT2D eigenvalue weighted by Crippen LogP contribution is 2.29. The van der Waals surface area contributed by atoms with E-state index in [4.69, 9.17) is 9.47 Å². The SMILES string of the molecule is CCC1CCC(CNC(=NC)NCCCOCC2CCOC2)CC1. The van der Waals surface area contributed by atoms with Crippen molar-refractivity contribution in [3.8, 4) is 0 Å². The van der Waals surface area contributed by atoms with E-state index >= 15 is 0 Å². The van der Waals surface area contributed by atoms with Gasteiger partial charge in [0, 0.05) is 39.3 Å². The molecular formula is C19H37N3O2. The molecule has 0 aromatic rings. The fraction of sp³-hybridized carbons (Fsp3) is 0.947. The largest absolute Gasteiger partial charge is 0.381 e. The summed E-state index contributed by atoms with van der Waals surface area (Å²) in [4.78, 5) is 4.32. The third kappa shape index (κ3) is 7.39. The highest BCUT2D eigenvalue weighted by Gasteiger charge is 2.20. The van der Waals surface area contributed by atoms with Crippen molar-refractivity contribution in [2.75, 3.05) is 46.6 Å². The molecule has 2 N–H and O–H groups in total. The molecule has 1 aliphatic carbocycles. The summed E-state index contributed by atoms with van der Waals surface area (Å²) in [6, 6.07) is 0. The van der Waals surface area contributed by atoms with Crippen LogP contribution in [0.25, 0.3) is 0 Å². The summed E-state index contributed by atoms with van der Waals surface area (Å²) in [6.45, 7) is 7.69. The summed E-state index contributed by atoms with van der Waals surface area (Å²) < 4.78 is 11.1. The first-order chi connectivity index (χ1) is 11.8. The lowest BCUT2D eigenvalue weighted by Crippen LogP contribution is -2.41. The van der Waals surface area contributed by atoms with Gasteiger partial charge in [0.15, 0.2) is 5.96 Å². The first-order valence-electron chi connectivity index (χ1n) is 9.91. The second-order valence-corrected chi connectivity index (χ2v) is 7.33. The standard InChI is InChI=1S/C19H37N3O2/c1-3-16-5-7-17(8-6-16)13-22-19(20-2)21-10-4-11-23-14-18-9-12-24-15-18/h16-18H,3-15H2,1-2H3,(H2,20,21,22). The fourth-order valence-electron chi connectivity index (χ4n) is 3.65. The molecule has 1 atom stereocenters. The fourth-order valence-corrected chi connectivity index (χ4v) is 3.65. The molecule has 0 bridgehead atoms. The van der Waals surface area contributed by atoms with E-state index in [1.165, 1.54) is 32.1 Å². The van der Waals surface area contributed by atoms with Crippen LogP contribution in [0.15, 0.2) is 4.99 Å². The number of rotatable bonds is 9. The van der Waals surface area contributed by atoms with Gasteiger partial charge in [0.05, 0.1) is 13.2 Å². The van der Waals surface area contributed by atoms with Gasteiger partial charge >= 0.3 is 0 Å². The normalized spacial score (nSPS) is 28.1. The molecule has 0 aromatic heterocycles. The molecule has 1 heterocycles. The molecule has 24 heavy (non-hydrogen) atoms. The molecule has 1 unspecified atom stereocenters. The second kappa shape index (κ2) is 11.7. The maximum Gasteiger partial charge on any atom is 0.190 e. The minimum absolute atomic E-state index is 0.607. The summed E-state index contributed by atoms with van der Waals surface area (Å²) in [5.41, 5.74) is 0. The topological polar surface area (TPSA) is 54.9 Å². The molecule has 140 valence electrons. The average Bonchev–Trinajstić information content (AvgIpc) is 3.14. The summed E-state index contributed by atoms with van der Waals surface area (Å²) in [7, 11) is 1.85. The zero-order chi connectivity index (χ0) is 17.0. The molecule has 0 aromatic carbocycles. The number of aliphatic imine (C=N–C) groups is 1. The van der Waals surface area contributed by atoms with Gasteiger partial charge in [-0.1, -0.05) is 26.2 Å². The Morgan fingerprint density at radius 2 is 1.88 bits per heavy atom. The number of nitrogens with zero attached hydrogens (tertiary/aromatic N) is 1. The van der Waals surface area contributed by atoms with Gasteiger partial charge in [0.1, 0.15) is 0 Å². The number of ether oxygens (including phenoxy) is 2. The Bertz CT molecular complexity index is 349. The lowest BCUT2D eigenvalue weighted by Gasteiger charge is -2.28. The Morgan fingerprint density at radius 3 is 2.54 bits per heavy atom. The van der Waals surface area contributed by atoms with Crippen molar-refractivity contribution < 1.29 is 9.47 Å².